The number of carbonyl (C=O) groups excluding carboxylic acids is 2. The molecule has 0 heterocycles. The SMILES string of the molecule is CCC(C(=O)[O-])c1cccc(C(=O)c2ccccc2)c1. The first-order chi connectivity index (χ1) is 9.63. The van der Waals surface area contributed by atoms with Gasteiger partial charge in [0.05, 0.1) is 0 Å². The van der Waals surface area contributed by atoms with Crippen LogP contribution < -0.4 is 5.11 Å². The molecule has 2 rings (SSSR count). The second-order valence-corrected chi connectivity index (χ2v) is 4.60. The van der Waals surface area contributed by atoms with Gasteiger partial charge in [-0.2, -0.15) is 0 Å². The molecule has 2 aromatic rings. The van der Waals surface area contributed by atoms with Gasteiger partial charge in [-0.25, -0.2) is 0 Å². The molecule has 3 heteroatoms. The zero-order chi connectivity index (χ0) is 14.5. The number of hydrogen-bond acceptors (Lipinski definition) is 3. The van der Waals surface area contributed by atoms with Crippen molar-refractivity contribution in [2.24, 2.45) is 0 Å². The molecule has 2 aromatic carbocycles. The van der Waals surface area contributed by atoms with Crippen LogP contribution in [0, 0.1) is 0 Å². The quantitative estimate of drug-likeness (QED) is 0.780. The zero-order valence-electron chi connectivity index (χ0n) is 11.2. The number of carboxylic acid groups (broad SMARTS) is 1. The van der Waals surface area contributed by atoms with E-state index in [2.05, 4.69) is 0 Å². The van der Waals surface area contributed by atoms with Gasteiger partial charge in [-0.05, 0) is 18.1 Å². The predicted octanol–water partition coefficient (Wildman–Crippen LogP) is 2.16. The van der Waals surface area contributed by atoms with Crippen LogP contribution in [0.3, 0.4) is 0 Å². The molecule has 20 heavy (non-hydrogen) atoms. The van der Waals surface area contributed by atoms with Crippen LogP contribution in [0.15, 0.2) is 54.6 Å². The second-order valence-electron chi connectivity index (χ2n) is 4.60. The molecule has 102 valence electrons. The largest absolute Gasteiger partial charge is 0.549 e. The van der Waals surface area contributed by atoms with Crippen molar-refractivity contribution in [3.05, 3.63) is 71.3 Å². The highest BCUT2D eigenvalue weighted by Gasteiger charge is 2.14. The highest BCUT2D eigenvalue weighted by atomic mass is 16.4. The van der Waals surface area contributed by atoms with Crippen molar-refractivity contribution in [3.8, 4) is 0 Å². The molecular weight excluding hydrogens is 252 g/mol. The molecule has 1 atom stereocenters. The molecule has 0 saturated carbocycles. The van der Waals surface area contributed by atoms with Crippen molar-refractivity contribution in [2.75, 3.05) is 0 Å². The smallest absolute Gasteiger partial charge is 0.193 e. The molecule has 0 aliphatic rings. The Morgan fingerprint density at radius 1 is 1.00 bits per heavy atom. The Bertz CT molecular complexity index is 617. The van der Waals surface area contributed by atoms with Crippen molar-refractivity contribution in [3.63, 3.8) is 0 Å². The van der Waals surface area contributed by atoms with Crippen LogP contribution in [0.1, 0.15) is 40.7 Å². The predicted molar refractivity (Wildman–Crippen MR) is 74.4 cm³/mol. The van der Waals surface area contributed by atoms with E-state index in [0.717, 1.165) is 0 Å². The summed E-state index contributed by atoms with van der Waals surface area (Å²) in [5, 5.41) is 11.1. The highest BCUT2D eigenvalue weighted by molar-refractivity contribution is 6.09. The lowest BCUT2D eigenvalue weighted by Gasteiger charge is -2.17. The van der Waals surface area contributed by atoms with Gasteiger partial charge in [0.25, 0.3) is 0 Å². The van der Waals surface area contributed by atoms with E-state index in [9.17, 15) is 14.7 Å². The normalized spacial score (nSPS) is 11.8. The summed E-state index contributed by atoms with van der Waals surface area (Å²) in [6.45, 7) is 1.78. The Morgan fingerprint density at radius 2 is 1.65 bits per heavy atom. The lowest BCUT2D eigenvalue weighted by Crippen LogP contribution is -2.29. The fourth-order valence-electron chi connectivity index (χ4n) is 2.19. The monoisotopic (exact) mass is 267 g/mol. The summed E-state index contributed by atoms with van der Waals surface area (Å²) in [6, 6.07) is 15.7. The van der Waals surface area contributed by atoms with Crippen LogP contribution in [0.4, 0.5) is 0 Å². The van der Waals surface area contributed by atoms with Crippen molar-refractivity contribution >= 4 is 11.8 Å². The van der Waals surface area contributed by atoms with Crippen molar-refractivity contribution in [1.82, 2.24) is 0 Å². The summed E-state index contributed by atoms with van der Waals surface area (Å²) >= 11 is 0. The van der Waals surface area contributed by atoms with E-state index in [1.54, 1.807) is 55.5 Å². The van der Waals surface area contributed by atoms with Crippen molar-refractivity contribution < 1.29 is 14.7 Å². The Kier molecular flexibility index (Phi) is 4.31. The van der Waals surface area contributed by atoms with Gasteiger partial charge in [-0.15, -0.1) is 0 Å². The number of aliphatic carboxylic acids is 1. The minimum absolute atomic E-state index is 0.111. The van der Waals surface area contributed by atoms with Crippen LogP contribution in [0.2, 0.25) is 0 Å². The number of ketones is 1. The number of hydrogen-bond donors (Lipinski definition) is 0. The molecule has 0 radical (unpaired) electrons. The molecule has 0 fully saturated rings. The van der Waals surface area contributed by atoms with E-state index in [-0.39, 0.29) is 5.78 Å². The van der Waals surface area contributed by atoms with E-state index >= 15 is 0 Å². The Balaban J connectivity index is 2.35. The third kappa shape index (κ3) is 2.94. The number of carboxylic acids is 1. The first-order valence-corrected chi connectivity index (χ1v) is 6.54. The molecule has 0 aromatic heterocycles. The Labute approximate surface area is 117 Å². The maximum Gasteiger partial charge on any atom is 0.193 e. The van der Waals surface area contributed by atoms with Gasteiger partial charge in [0.2, 0.25) is 0 Å². The second kappa shape index (κ2) is 6.15. The number of rotatable bonds is 5. The average molecular weight is 267 g/mol. The van der Waals surface area contributed by atoms with Gasteiger partial charge in [0, 0.05) is 23.0 Å². The minimum atomic E-state index is -1.11. The Hall–Kier alpha value is -2.42. The van der Waals surface area contributed by atoms with E-state index in [1.165, 1.54) is 0 Å². The van der Waals surface area contributed by atoms with Gasteiger partial charge in [-0.3, -0.25) is 4.79 Å². The molecule has 3 nitrogen and oxygen atoms in total. The molecular formula is C17H15O3-. The molecule has 0 N–H and O–H groups in total. The maximum atomic E-state index is 12.3. The van der Waals surface area contributed by atoms with Crippen LogP contribution in [0.5, 0.6) is 0 Å². The maximum absolute atomic E-state index is 12.3. The minimum Gasteiger partial charge on any atom is -0.549 e. The topological polar surface area (TPSA) is 57.2 Å². The van der Waals surface area contributed by atoms with Crippen LogP contribution in [-0.4, -0.2) is 11.8 Å². The molecule has 0 saturated heterocycles. The summed E-state index contributed by atoms with van der Waals surface area (Å²) in [4.78, 5) is 23.4. The molecule has 0 bridgehead atoms. The van der Waals surface area contributed by atoms with Crippen molar-refractivity contribution in [2.45, 2.75) is 19.3 Å². The first kappa shape index (κ1) is 14.0. The van der Waals surface area contributed by atoms with Gasteiger partial charge >= 0.3 is 0 Å². The van der Waals surface area contributed by atoms with Gasteiger partial charge in [-0.1, -0.05) is 55.5 Å². The van der Waals surface area contributed by atoms with E-state index in [4.69, 9.17) is 0 Å². The average Bonchev–Trinajstić information content (AvgIpc) is 2.48. The van der Waals surface area contributed by atoms with Gasteiger partial charge < -0.3 is 9.90 Å². The standard InChI is InChI=1S/C17H16O3/c1-2-15(17(19)20)13-9-6-10-14(11-13)16(18)12-7-4-3-5-8-12/h3-11,15H,2H2,1H3,(H,19,20)/p-1. The summed E-state index contributed by atoms with van der Waals surface area (Å²) in [5.74, 6) is -1.91. The summed E-state index contributed by atoms with van der Waals surface area (Å²) < 4.78 is 0. The van der Waals surface area contributed by atoms with Crippen LogP contribution in [0.25, 0.3) is 0 Å². The summed E-state index contributed by atoms with van der Waals surface area (Å²) in [7, 11) is 0. The summed E-state index contributed by atoms with van der Waals surface area (Å²) in [6.07, 6.45) is 0.436. The lowest BCUT2D eigenvalue weighted by molar-refractivity contribution is -0.308. The molecule has 0 amide bonds. The molecule has 0 aliphatic carbocycles. The fraction of sp³-hybridized carbons (Fsp3) is 0.176. The van der Waals surface area contributed by atoms with E-state index < -0.39 is 11.9 Å². The Morgan fingerprint density at radius 3 is 2.25 bits per heavy atom. The summed E-state index contributed by atoms with van der Waals surface area (Å²) in [5.41, 5.74) is 1.69. The van der Waals surface area contributed by atoms with Crippen molar-refractivity contribution in [1.29, 1.82) is 0 Å². The van der Waals surface area contributed by atoms with Crippen LogP contribution in [-0.2, 0) is 4.79 Å². The lowest BCUT2D eigenvalue weighted by atomic mass is 9.93. The third-order valence-corrected chi connectivity index (χ3v) is 3.28. The zero-order valence-corrected chi connectivity index (χ0v) is 11.2. The highest BCUT2D eigenvalue weighted by Crippen LogP contribution is 2.21. The fourth-order valence-corrected chi connectivity index (χ4v) is 2.19. The number of benzene rings is 2. The van der Waals surface area contributed by atoms with Crippen LogP contribution >= 0.6 is 0 Å². The number of carbonyl (C=O) groups is 2. The molecule has 0 aliphatic heterocycles. The molecule has 1 unspecified atom stereocenters. The first-order valence-electron chi connectivity index (χ1n) is 6.54. The molecule has 0 spiro atoms. The van der Waals surface area contributed by atoms with Gasteiger partial charge in [0.1, 0.15) is 0 Å². The third-order valence-electron chi connectivity index (χ3n) is 3.28. The van der Waals surface area contributed by atoms with E-state index in [1.807, 2.05) is 6.07 Å². The van der Waals surface area contributed by atoms with Gasteiger partial charge in [0.15, 0.2) is 5.78 Å². The van der Waals surface area contributed by atoms with E-state index in [0.29, 0.717) is 23.1 Å².